The van der Waals surface area contributed by atoms with Crippen LogP contribution < -0.4 is 5.32 Å². The summed E-state index contributed by atoms with van der Waals surface area (Å²) in [7, 11) is 1.56. The van der Waals surface area contributed by atoms with Gasteiger partial charge in [0.15, 0.2) is 0 Å². The van der Waals surface area contributed by atoms with Crippen LogP contribution in [0.5, 0.6) is 0 Å². The number of nitroso groups, excluding NO2 is 2. The van der Waals surface area contributed by atoms with Gasteiger partial charge in [-0.25, -0.2) is 0 Å². The van der Waals surface area contributed by atoms with Crippen LogP contribution in [-0.4, -0.2) is 57.5 Å². The van der Waals surface area contributed by atoms with Gasteiger partial charge in [0, 0.05) is 25.3 Å². The Morgan fingerprint density at radius 3 is 2.37 bits per heavy atom. The fourth-order valence-electron chi connectivity index (χ4n) is 2.04. The first-order chi connectivity index (χ1) is 13.0. The Balaban J connectivity index is 2.44. The Morgan fingerprint density at radius 1 is 1.11 bits per heavy atom. The number of benzene rings is 1. The highest BCUT2D eigenvalue weighted by atomic mass is 16.6. The van der Waals surface area contributed by atoms with Crippen LogP contribution in [0.2, 0.25) is 0 Å². The number of amides is 1. The fraction of sp³-hybridized carbons (Fsp3) is 0.533. The molecule has 148 valence electrons. The zero-order chi connectivity index (χ0) is 20.1. The molecule has 0 radical (unpaired) electrons. The van der Waals surface area contributed by atoms with Gasteiger partial charge in [0.1, 0.15) is 18.0 Å². The Kier molecular flexibility index (Phi) is 10.3. The molecular weight excluding hydrogens is 364 g/mol. The molecule has 12 heteroatoms. The minimum Gasteiger partial charge on any atom is -0.382 e. The van der Waals surface area contributed by atoms with Gasteiger partial charge in [-0.3, -0.25) is 14.9 Å². The zero-order valence-electron chi connectivity index (χ0n) is 14.7. The van der Waals surface area contributed by atoms with Gasteiger partial charge in [0.2, 0.25) is 5.91 Å². The normalized spacial score (nSPS) is 10.4. The smallest absolute Gasteiger partial charge is 0.275 e. The highest BCUT2D eigenvalue weighted by molar-refractivity contribution is 5.77. The van der Waals surface area contributed by atoms with Crippen molar-refractivity contribution in [3.8, 4) is 0 Å². The molecule has 0 saturated heterocycles. The molecule has 12 nitrogen and oxygen atoms in total. The third-order valence-corrected chi connectivity index (χ3v) is 3.32. The van der Waals surface area contributed by atoms with Gasteiger partial charge < -0.3 is 19.5 Å². The molecule has 0 bridgehead atoms. The molecule has 1 aromatic carbocycles. The maximum atomic E-state index is 11.7. The van der Waals surface area contributed by atoms with Crippen LogP contribution >= 0.6 is 0 Å². The number of hydrogen-bond acceptors (Lipinski definition) is 10. The quantitative estimate of drug-likeness (QED) is 0.220. The summed E-state index contributed by atoms with van der Waals surface area (Å²) in [6, 6.07) is 2.00. The van der Waals surface area contributed by atoms with E-state index in [4.69, 9.17) is 14.2 Å². The summed E-state index contributed by atoms with van der Waals surface area (Å²) in [5.41, 5.74) is -0.940. The largest absolute Gasteiger partial charge is 0.382 e. The van der Waals surface area contributed by atoms with Crippen LogP contribution in [-0.2, 0) is 25.4 Å². The molecule has 27 heavy (non-hydrogen) atoms. The molecule has 0 atom stereocenters. The maximum Gasteiger partial charge on any atom is 0.275 e. The lowest BCUT2D eigenvalue weighted by Crippen LogP contribution is -2.30. The van der Waals surface area contributed by atoms with Crippen molar-refractivity contribution >= 4 is 23.0 Å². The average molecular weight is 384 g/mol. The molecule has 0 aromatic heterocycles. The number of rotatable bonds is 14. The Labute approximate surface area is 154 Å². The third kappa shape index (κ3) is 7.94. The molecule has 1 N–H and O–H groups in total. The number of nitrogens with one attached hydrogen (secondary N) is 1. The van der Waals surface area contributed by atoms with Crippen molar-refractivity contribution in [1.29, 1.82) is 0 Å². The molecule has 0 unspecified atom stereocenters. The number of methoxy groups -OCH3 is 1. The number of nitro groups is 1. The average Bonchev–Trinajstić information content (AvgIpc) is 2.66. The van der Waals surface area contributed by atoms with Crippen LogP contribution in [0.3, 0.4) is 0 Å². The standard InChI is InChI=1S/C15H20N4O8/c1-25-4-5-26-6-7-27-10-15(20)16-3-2-11-8-12(17-21)13(18-22)9-14(11)19(23)24/h8-9H,2-7,10H2,1H3,(H,16,20). The number of hydrogen-bond donors (Lipinski definition) is 1. The van der Waals surface area contributed by atoms with Gasteiger partial charge in [-0.1, -0.05) is 0 Å². The van der Waals surface area contributed by atoms with Crippen LogP contribution in [0.15, 0.2) is 22.5 Å². The van der Waals surface area contributed by atoms with Crippen LogP contribution in [0.1, 0.15) is 5.56 Å². The highest BCUT2D eigenvalue weighted by Crippen LogP contribution is 2.35. The lowest BCUT2D eigenvalue weighted by atomic mass is 10.1. The molecule has 0 spiro atoms. The third-order valence-electron chi connectivity index (χ3n) is 3.32. The first-order valence-electron chi connectivity index (χ1n) is 7.92. The van der Waals surface area contributed by atoms with E-state index in [9.17, 15) is 24.7 Å². The maximum absolute atomic E-state index is 11.7. The second-order valence-electron chi connectivity index (χ2n) is 5.17. The summed E-state index contributed by atoms with van der Waals surface area (Å²) in [5, 5.41) is 18.8. The van der Waals surface area contributed by atoms with E-state index in [1.165, 1.54) is 0 Å². The topological polar surface area (TPSA) is 159 Å². The predicted octanol–water partition coefficient (Wildman–Crippen LogP) is 1.73. The molecule has 0 heterocycles. The van der Waals surface area contributed by atoms with Crippen molar-refractivity contribution in [3.63, 3.8) is 0 Å². The Hall–Kier alpha value is -2.83. The summed E-state index contributed by atoms with van der Waals surface area (Å²) in [5.74, 6) is -0.408. The number of nitro benzene ring substituents is 1. The lowest BCUT2D eigenvalue weighted by molar-refractivity contribution is -0.385. The number of carbonyl (C=O) groups excluding carboxylic acids is 1. The molecular formula is C15H20N4O8. The molecule has 0 saturated carbocycles. The molecule has 0 fully saturated rings. The van der Waals surface area contributed by atoms with E-state index in [-0.39, 0.29) is 43.1 Å². The van der Waals surface area contributed by atoms with Gasteiger partial charge in [0.05, 0.1) is 31.4 Å². The van der Waals surface area contributed by atoms with Gasteiger partial charge in [-0.05, 0) is 22.8 Å². The summed E-state index contributed by atoms with van der Waals surface area (Å²) < 4.78 is 15.1. The number of carbonyl (C=O) groups is 1. The summed E-state index contributed by atoms with van der Waals surface area (Å²) in [6.45, 7) is 1.34. The molecule has 1 rings (SSSR count). The second kappa shape index (κ2) is 12.5. The van der Waals surface area contributed by atoms with Crippen molar-refractivity contribution in [2.24, 2.45) is 10.4 Å². The van der Waals surface area contributed by atoms with Crippen molar-refractivity contribution in [2.75, 3.05) is 46.7 Å². The molecule has 1 aromatic rings. The summed E-state index contributed by atoms with van der Waals surface area (Å²) >= 11 is 0. The van der Waals surface area contributed by atoms with Crippen molar-refractivity contribution in [3.05, 3.63) is 37.6 Å². The van der Waals surface area contributed by atoms with E-state index >= 15 is 0 Å². The summed E-state index contributed by atoms with van der Waals surface area (Å²) in [4.78, 5) is 43.4. The minimum absolute atomic E-state index is 0.0594. The predicted molar refractivity (Wildman–Crippen MR) is 94.2 cm³/mol. The Bertz CT molecular complexity index is 667. The monoisotopic (exact) mass is 384 g/mol. The van der Waals surface area contributed by atoms with E-state index in [0.717, 1.165) is 12.1 Å². The molecule has 0 aliphatic heterocycles. The first kappa shape index (κ1) is 22.2. The Morgan fingerprint density at radius 2 is 1.74 bits per heavy atom. The highest BCUT2D eigenvalue weighted by Gasteiger charge is 2.19. The second-order valence-corrected chi connectivity index (χ2v) is 5.17. The van der Waals surface area contributed by atoms with E-state index in [0.29, 0.717) is 19.8 Å². The van der Waals surface area contributed by atoms with Crippen molar-refractivity contribution < 1.29 is 23.9 Å². The SMILES string of the molecule is COCCOCCOCC(=O)NCCc1cc(N=O)c(N=O)cc1[N+](=O)[O-]. The van der Waals surface area contributed by atoms with Crippen molar-refractivity contribution in [1.82, 2.24) is 5.32 Å². The number of nitrogens with zero attached hydrogens (tertiary/aromatic N) is 3. The van der Waals surface area contributed by atoms with Crippen LogP contribution in [0.4, 0.5) is 17.1 Å². The van der Waals surface area contributed by atoms with E-state index in [2.05, 4.69) is 15.7 Å². The van der Waals surface area contributed by atoms with E-state index < -0.39 is 16.5 Å². The van der Waals surface area contributed by atoms with Gasteiger partial charge in [-0.2, -0.15) is 0 Å². The van der Waals surface area contributed by atoms with Crippen molar-refractivity contribution in [2.45, 2.75) is 6.42 Å². The van der Waals surface area contributed by atoms with Gasteiger partial charge >= 0.3 is 0 Å². The number of ether oxygens (including phenoxy) is 3. The fourth-order valence-corrected chi connectivity index (χ4v) is 2.04. The lowest BCUT2D eigenvalue weighted by Gasteiger charge is -2.08. The van der Waals surface area contributed by atoms with E-state index in [1.54, 1.807) is 7.11 Å². The van der Waals surface area contributed by atoms with Crippen LogP contribution in [0.25, 0.3) is 0 Å². The molecule has 1 amide bonds. The minimum atomic E-state index is -0.701. The van der Waals surface area contributed by atoms with Crippen LogP contribution in [0, 0.1) is 19.9 Å². The first-order valence-corrected chi connectivity index (χ1v) is 7.92. The summed E-state index contributed by atoms with van der Waals surface area (Å²) in [6.07, 6.45) is 0.0594. The van der Waals surface area contributed by atoms with Gasteiger partial charge in [-0.15, -0.1) is 9.81 Å². The van der Waals surface area contributed by atoms with Gasteiger partial charge in [0.25, 0.3) is 5.69 Å². The molecule has 0 aliphatic rings. The molecule has 0 aliphatic carbocycles. The van der Waals surface area contributed by atoms with E-state index in [1.807, 2.05) is 0 Å². The zero-order valence-corrected chi connectivity index (χ0v) is 14.7.